The van der Waals surface area contributed by atoms with Gasteiger partial charge in [0.05, 0.1) is 36.4 Å². The number of para-hydroxylation sites is 1. The third kappa shape index (κ3) is 2.60. The molecule has 8 heteroatoms. The van der Waals surface area contributed by atoms with Crippen LogP contribution in [0.3, 0.4) is 0 Å². The zero-order valence-electron chi connectivity index (χ0n) is 17.1. The predicted molar refractivity (Wildman–Crippen MR) is 108 cm³/mol. The van der Waals surface area contributed by atoms with E-state index in [1.165, 1.54) is 17.0 Å². The van der Waals surface area contributed by atoms with Gasteiger partial charge in [0.25, 0.3) is 11.8 Å². The van der Waals surface area contributed by atoms with Crippen molar-refractivity contribution in [3.05, 3.63) is 59.4 Å². The monoisotopic (exact) mass is 424 g/mol. The van der Waals surface area contributed by atoms with Gasteiger partial charge in [-0.25, -0.2) is 4.39 Å². The second kappa shape index (κ2) is 6.80. The zero-order valence-corrected chi connectivity index (χ0v) is 17.1. The van der Waals surface area contributed by atoms with E-state index < -0.39 is 47.0 Å². The van der Waals surface area contributed by atoms with Crippen LogP contribution in [0.15, 0.2) is 42.5 Å². The number of halogens is 1. The Bertz CT molecular complexity index is 1120. The van der Waals surface area contributed by atoms with E-state index in [-0.39, 0.29) is 24.5 Å². The molecule has 0 aromatic heterocycles. The van der Waals surface area contributed by atoms with Crippen LogP contribution in [-0.4, -0.2) is 41.4 Å². The lowest BCUT2D eigenvalue weighted by atomic mass is 9.77. The molecule has 5 rings (SSSR count). The van der Waals surface area contributed by atoms with Crippen LogP contribution in [0.2, 0.25) is 0 Å². The predicted octanol–water partition coefficient (Wildman–Crippen LogP) is 2.92. The van der Waals surface area contributed by atoms with Crippen molar-refractivity contribution in [2.75, 3.05) is 18.5 Å². The number of anilines is 1. The van der Waals surface area contributed by atoms with Crippen LogP contribution < -0.4 is 10.1 Å². The van der Waals surface area contributed by atoms with Crippen molar-refractivity contribution >= 4 is 23.5 Å². The molecule has 2 aromatic rings. The summed E-state index contributed by atoms with van der Waals surface area (Å²) in [6, 6.07) is 10.3. The number of carbonyl (C=O) groups excluding carboxylic acids is 3. The topological polar surface area (TPSA) is 84.9 Å². The second-order valence-electron chi connectivity index (χ2n) is 8.15. The van der Waals surface area contributed by atoms with Crippen LogP contribution in [0.5, 0.6) is 5.75 Å². The first kappa shape index (κ1) is 19.5. The smallest absolute Gasteiger partial charge is 0.312 e. The standard InChI is InChI=1S/C23H21FN2O5/c1-3-30-21(28)18-15-11-31-17-7-5-4-6-13(17)19(15)26-20(27)14-10-12(24)8-9-16(14)25-22(29)23(18,26)2/h4-10,15,18-19H,3,11H2,1-2H3,(H,25,29)/t15-,18-,19+,23-/m1/s1. The van der Waals surface area contributed by atoms with Crippen molar-refractivity contribution in [1.29, 1.82) is 0 Å². The van der Waals surface area contributed by atoms with E-state index in [1.807, 2.05) is 18.2 Å². The molecule has 0 saturated carbocycles. The molecule has 0 radical (unpaired) electrons. The van der Waals surface area contributed by atoms with Gasteiger partial charge in [0.15, 0.2) is 0 Å². The molecule has 4 atom stereocenters. The molecule has 1 saturated heterocycles. The van der Waals surface area contributed by atoms with Gasteiger partial charge < -0.3 is 19.7 Å². The summed E-state index contributed by atoms with van der Waals surface area (Å²) < 4.78 is 25.3. The minimum absolute atomic E-state index is 0.0457. The summed E-state index contributed by atoms with van der Waals surface area (Å²) in [6.45, 7) is 3.55. The Kier molecular flexibility index (Phi) is 4.28. The van der Waals surface area contributed by atoms with Gasteiger partial charge in [-0.05, 0) is 38.1 Å². The number of benzene rings is 2. The molecule has 0 unspecified atom stereocenters. The van der Waals surface area contributed by atoms with Crippen LogP contribution in [0, 0.1) is 17.7 Å². The lowest BCUT2D eigenvalue weighted by molar-refractivity contribution is -0.155. The third-order valence-corrected chi connectivity index (χ3v) is 6.57. The average molecular weight is 424 g/mol. The van der Waals surface area contributed by atoms with Gasteiger partial charge in [0.1, 0.15) is 17.1 Å². The maximum atomic E-state index is 14.0. The molecule has 0 aliphatic carbocycles. The van der Waals surface area contributed by atoms with Gasteiger partial charge >= 0.3 is 5.97 Å². The molecule has 3 aliphatic heterocycles. The summed E-state index contributed by atoms with van der Waals surface area (Å²) in [6.07, 6.45) is 0. The number of fused-ring (bicyclic) bond motifs is 6. The van der Waals surface area contributed by atoms with Crippen LogP contribution in [0.25, 0.3) is 0 Å². The lowest BCUT2D eigenvalue weighted by Gasteiger charge is -2.38. The van der Waals surface area contributed by atoms with Crippen LogP contribution in [-0.2, 0) is 14.3 Å². The molecule has 1 fully saturated rings. The number of carbonyl (C=O) groups is 3. The van der Waals surface area contributed by atoms with Crippen molar-refractivity contribution in [2.45, 2.75) is 25.4 Å². The number of hydrogen-bond acceptors (Lipinski definition) is 5. The van der Waals surface area contributed by atoms with Crippen molar-refractivity contribution in [2.24, 2.45) is 11.8 Å². The highest BCUT2D eigenvalue weighted by Crippen LogP contribution is 2.56. The normalized spacial score (nSPS) is 28.4. The summed E-state index contributed by atoms with van der Waals surface area (Å²) in [7, 11) is 0. The summed E-state index contributed by atoms with van der Waals surface area (Å²) in [5.74, 6) is -3.05. The molecule has 2 aromatic carbocycles. The number of amides is 2. The van der Waals surface area contributed by atoms with Crippen molar-refractivity contribution < 1.29 is 28.2 Å². The Hall–Kier alpha value is -3.42. The fourth-order valence-corrected chi connectivity index (χ4v) is 5.23. The molecule has 1 N–H and O–H groups in total. The number of rotatable bonds is 2. The van der Waals surface area contributed by atoms with Crippen LogP contribution >= 0.6 is 0 Å². The highest BCUT2D eigenvalue weighted by molar-refractivity contribution is 6.13. The van der Waals surface area contributed by atoms with E-state index in [0.29, 0.717) is 11.3 Å². The van der Waals surface area contributed by atoms with Gasteiger partial charge in [-0.15, -0.1) is 0 Å². The van der Waals surface area contributed by atoms with Crippen LogP contribution in [0.1, 0.15) is 35.8 Å². The molecular formula is C23H21FN2O5. The van der Waals surface area contributed by atoms with E-state index in [1.54, 1.807) is 19.9 Å². The largest absolute Gasteiger partial charge is 0.493 e. The Morgan fingerprint density at radius 1 is 1.29 bits per heavy atom. The van der Waals surface area contributed by atoms with E-state index in [4.69, 9.17) is 9.47 Å². The minimum Gasteiger partial charge on any atom is -0.493 e. The first-order valence-electron chi connectivity index (χ1n) is 10.2. The summed E-state index contributed by atoms with van der Waals surface area (Å²) >= 11 is 0. The van der Waals surface area contributed by atoms with Gasteiger partial charge in [0.2, 0.25) is 0 Å². The van der Waals surface area contributed by atoms with E-state index in [0.717, 1.165) is 6.07 Å². The van der Waals surface area contributed by atoms with Crippen LogP contribution in [0.4, 0.5) is 10.1 Å². The van der Waals surface area contributed by atoms with Gasteiger partial charge in [0, 0.05) is 11.5 Å². The van der Waals surface area contributed by atoms with E-state index in [2.05, 4.69) is 5.32 Å². The average Bonchev–Trinajstić information content (AvgIpc) is 3.00. The van der Waals surface area contributed by atoms with Crippen molar-refractivity contribution in [3.8, 4) is 5.75 Å². The first-order chi connectivity index (χ1) is 14.9. The molecule has 3 heterocycles. The maximum absolute atomic E-state index is 14.0. The maximum Gasteiger partial charge on any atom is 0.312 e. The number of esters is 1. The van der Waals surface area contributed by atoms with E-state index >= 15 is 0 Å². The molecule has 3 aliphatic rings. The Morgan fingerprint density at radius 3 is 2.84 bits per heavy atom. The first-order valence-corrected chi connectivity index (χ1v) is 10.2. The Morgan fingerprint density at radius 2 is 2.06 bits per heavy atom. The minimum atomic E-state index is -1.55. The lowest BCUT2D eigenvalue weighted by Crippen LogP contribution is -2.57. The quantitative estimate of drug-likeness (QED) is 0.750. The molecular weight excluding hydrogens is 403 g/mol. The number of nitrogens with one attached hydrogen (secondary N) is 1. The molecule has 2 amide bonds. The molecule has 160 valence electrons. The Labute approximate surface area is 178 Å². The number of ether oxygens (including phenoxy) is 2. The summed E-state index contributed by atoms with van der Waals surface area (Å²) in [5, 5.41) is 2.74. The highest BCUT2D eigenvalue weighted by atomic mass is 19.1. The molecule has 31 heavy (non-hydrogen) atoms. The fourth-order valence-electron chi connectivity index (χ4n) is 5.23. The van der Waals surface area contributed by atoms with Crippen molar-refractivity contribution in [1.82, 2.24) is 4.90 Å². The van der Waals surface area contributed by atoms with Crippen molar-refractivity contribution in [3.63, 3.8) is 0 Å². The third-order valence-electron chi connectivity index (χ3n) is 6.57. The highest BCUT2D eigenvalue weighted by Gasteiger charge is 2.67. The summed E-state index contributed by atoms with van der Waals surface area (Å²) in [4.78, 5) is 41.9. The molecule has 0 bridgehead atoms. The Balaban J connectivity index is 1.76. The molecule has 7 nitrogen and oxygen atoms in total. The fraction of sp³-hybridized carbons (Fsp3) is 0.348. The van der Waals surface area contributed by atoms with Gasteiger partial charge in [-0.3, -0.25) is 14.4 Å². The van der Waals surface area contributed by atoms with E-state index in [9.17, 15) is 18.8 Å². The second-order valence-corrected chi connectivity index (χ2v) is 8.15. The molecule has 0 spiro atoms. The number of hydrogen-bond donors (Lipinski definition) is 1. The van der Waals surface area contributed by atoms with Gasteiger partial charge in [-0.1, -0.05) is 18.2 Å². The number of nitrogens with zero attached hydrogens (tertiary/aromatic N) is 1. The SMILES string of the molecule is CCOC(=O)[C@H]1[C@H]2COc3ccccc3[C@@H]2N2C(=O)c3cc(F)ccc3NC(=O)[C@@]12C. The summed E-state index contributed by atoms with van der Waals surface area (Å²) in [5.41, 5.74) is -0.580. The zero-order chi connectivity index (χ0) is 21.9. The van der Waals surface area contributed by atoms with Gasteiger partial charge in [-0.2, -0.15) is 0 Å².